The van der Waals surface area contributed by atoms with E-state index in [1.54, 1.807) is 0 Å². The third-order valence-corrected chi connectivity index (χ3v) is 4.23. The molecule has 0 aliphatic rings. The van der Waals surface area contributed by atoms with Gasteiger partial charge in [-0.25, -0.2) is 0 Å². The molecule has 14 heavy (non-hydrogen) atoms. The van der Waals surface area contributed by atoms with Gasteiger partial charge in [-0.15, -0.1) is 11.3 Å². The number of alkyl halides is 1. The molecule has 5 heteroatoms. The third kappa shape index (κ3) is 3.71. The summed E-state index contributed by atoms with van der Waals surface area (Å²) in [5, 5.41) is 4.70. The van der Waals surface area contributed by atoms with Gasteiger partial charge in [-0.05, 0) is 28.4 Å². The van der Waals surface area contributed by atoms with E-state index in [0.29, 0.717) is 11.4 Å². The van der Waals surface area contributed by atoms with Crippen LogP contribution in [0.3, 0.4) is 0 Å². The van der Waals surface area contributed by atoms with Gasteiger partial charge < -0.3 is 5.32 Å². The highest BCUT2D eigenvalue weighted by atomic mass is 79.9. The van der Waals surface area contributed by atoms with Crippen molar-refractivity contribution in [3.05, 3.63) is 20.8 Å². The molecule has 1 atom stereocenters. The smallest absolute Gasteiger partial charge is 0.252 e. The van der Waals surface area contributed by atoms with Gasteiger partial charge in [0.15, 0.2) is 0 Å². The maximum Gasteiger partial charge on any atom is 0.252 e. The van der Waals surface area contributed by atoms with Gasteiger partial charge in [0, 0.05) is 16.8 Å². The molecule has 0 fully saturated rings. The van der Waals surface area contributed by atoms with Crippen LogP contribution in [-0.4, -0.2) is 17.3 Å². The Labute approximate surface area is 104 Å². The van der Waals surface area contributed by atoms with Crippen LogP contribution in [0, 0.1) is 0 Å². The number of thiophene rings is 1. The Hall–Kier alpha value is 0.130. The topological polar surface area (TPSA) is 29.1 Å². The van der Waals surface area contributed by atoms with Gasteiger partial charge in [0.1, 0.15) is 0 Å². The predicted octanol–water partition coefficient (Wildman–Crippen LogP) is 3.41. The molecular weight excluding hydrogens is 330 g/mol. The van der Waals surface area contributed by atoms with Gasteiger partial charge in [-0.2, -0.15) is 0 Å². The van der Waals surface area contributed by atoms with Crippen LogP contribution in [0.2, 0.25) is 0 Å². The maximum atomic E-state index is 11.5. The first-order valence-electron chi connectivity index (χ1n) is 4.29. The summed E-state index contributed by atoms with van der Waals surface area (Å²) in [5.74, 6) is -0.00940. The van der Waals surface area contributed by atoms with E-state index in [4.69, 9.17) is 0 Å². The molecule has 0 aromatic carbocycles. The average Bonchev–Trinajstić information content (AvgIpc) is 2.60. The van der Waals surface area contributed by atoms with E-state index in [1.165, 1.54) is 11.3 Å². The van der Waals surface area contributed by atoms with E-state index in [9.17, 15) is 4.79 Å². The van der Waals surface area contributed by atoms with Gasteiger partial charge in [0.05, 0.1) is 9.35 Å². The molecule has 1 aromatic rings. The Balaban J connectivity index is 2.43. The molecule has 0 aliphatic carbocycles. The fraction of sp³-hybridized carbons (Fsp3) is 0.444. The van der Waals surface area contributed by atoms with Gasteiger partial charge in [0.25, 0.3) is 5.91 Å². The number of nitrogens with one attached hydrogen (secondary N) is 1. The van der Waals surface area contributed by atoms with Gasteiger partial charge in [-0.3, -0.25) is 4.79 Å². The lowest BCUT2D eigenvalue weighted by atomic mass is 10.3. The first-order valence-corrected chi connectivity index (χ1v) is 6.88. The minimum absolute atomic E-state index is 0.00940. The van der Waals surface area contributed by atoms with Crippen LogP contribution in [0.5, 0.6) is 0 Å². The molecule has 0 saturated heterocycles. The average molecular weight is 341 g/mol. The number of rotatable bonds is 4. The van der Waals surface area contributed by atoms with E-state index < -0.39 is 0 Å². The molecule has 2 nitrogen and oxygen atoms in total. The van der Waals surface area contributed by atoms with Crippen molar-refractivity contribution in [1.82, 2.24) is 5.32 Å². The molecule has 0 spiro atoms. The number of carbonyl (C=O) groups is 1. The second kappa shape index (κ2) is 5.88. The maximum absolute atomic E-state index is 11.5. The molecule has 78 valence electrons. The molecule has 1 heterocycles. The van der Waals surface area contributed by atoms with Crippen molar-refractivity contribution < 1.29 is 4.79 Å². The van der Waals surface area contributed by atoms with Crippen LogP contribution in [-0.2, 0) is 0 Å². The van der Waals surface area contributed by atoms with Crippen molar-refractivity contribution in [3.8, 4) is 0 Å². The van der Waals surface area contributed by atoms with Crippen molar-refractivity contribution in [3.63, 3.8) is 0 Å². The largest absolute Gasteiger partial charge is 0.351 e. The summed E-state index contributed by atoms with van der Waals surface area (Å²) in [6, 6.07) is 1.83. The summed E-state index contributed by atoms with van der Waals surface area (Å²) in [5.41, 5.74) is 0.720. The molecule has 1 amide bonds. The Bertz CT molecular complexity index is 314. The number of amides is 1. The first-order chi connectivity index (χ1) is 6.63. The summed E-state index contributed by atoms with van der Waals surface area (Å²) in [4.78, 5) is 11.9. The zero-order chi connectivity index (χ0) is 10.6. The summed E-state index contributed by atoms with van der Waals surface area (Å²) >= 11 is 8.30. The Morgan fingerprint density at radius 1 is 1.71 bits per heavy atom. The van der Waals surface area contributed by atoms with Crippen LogP contribution < -0.4 is 5.32 Å². The van der Waals surface area contributed by atoms with Crippen LogP contribution in [0.4, 0.5) is 0 Å². The van der Waals surface area contributed by atoms with Crippen LogP contribution >= 0.6 is 43.2 Å². The number of carbonyl (C=O) groups excluding carboxylic acids is 1. The number of hydrogen-bond donors (Lipinski definition) is 1. The second-order valence-corrected chi connectivity index (χ2v) is 6.44. The molecule has 1 aromatic heterocycles. The van der Waals surface area contributed by atoms with Crippen LogP contribution in [0.15, 0.2) is 15.2 Å². The van der Waals surface area contributed by atoms with Crippen LogP contribution in [0.1, 0.15) is 23.7 Å². The second-order valence-electron chi connectivity index (χ2n) is 2.86. The Morgan fingerprint density at radius 2 is 2.43 bits per heavy atom. The monoisotopic (exact) mass is 339 g/mol. The summed E-state index contributed by atoms with van der Waals surface area (Å²) < 4.78 is 0.980. The van der Waals surface area contributed by atoms with E-state index >= 15 is 0 Å². The highest BCUT2D eigenvalue weighted by Gasteiger charge is 2.08. The van der Waals surface area contributed by atoms with Gasteiger partial charge in [0.2, 0.25) is 0 Å². The van der Waals surface area contributed by atoms with E-state index in [2.05, 4.69) is 44.1 Å². The number of hydrogen-bond acceptors (Lipinski definition) is 2. The fourth-order valence-electron chi connectivity index (χ4n) is 0.879. The lowest BCUT2D eigenvalue weighted by Crippen LogP contribution is -2.28. The molecule has 0 bridgehead atoms. The highest BCUT2D eigenvalue weighted by Crippen LogP contribution is 2.20. The van der Waals surface area contributed by atoms with Gasteiger partial charge in [-0.1, -0.05) is 22.9 Å². The Kier molecular flexibility index (Phi) is 5.12. The van der Waals surface area contributed by atoms with E-state index in [0.717, 1.165) is 15.8 Å². The molecule has 0 aliphatic heterocycles. The zero-order valence-corrected chi connectivity index (χ0v) is 11.7. The lowest BCUT2D eigenvalue weighted by Gasteiger charge is -2.07. The lowest BCUT2D eigenvalue weighted by molar-refractivity contribution is 0.0954. The van der Waals surface area contributed by atoms with Crippen molar-refractivity contribution >= 4 is 49.1 Å². The minimum atomic E-state index is -0.00940. The SMILES string of the molecule is CCC(Br)CNC(=O)c1csc(Br)c1. The number of halogens is 2. The minimum Gasteiger partial charge on any atom is -0.351 e. The summed E-state index contributed by atoms with van der Waals surface area (Å²) in [7, 11) is 0. The predicted molar refractivity (Wildman–Crippen MR) is 67.4 cm³/mol. The van der Waals surface area contributed by atoms with Crippen molar-refractivity contribution in [2.24, 2.45) is 0 Å². The zero-order valence-electron chi connectivity index (χ0n) is 7.72. The standard InChI is InChI=1S/C9H11Br2NOS/c1-2-7(10)4-12-9(13)6-3-8(11)14-5-6/h3,5,7H,2,4H2,1H3,(H,12,13). The van der Waals surface area contributed by atoms with Crippen molar-refractivity contribution in [2.45, 2.75) is 18.2 Å². The Morgan fingerprint density at radius 3 is 2.93 bits per heavy atom. The molecule has 0 radical (unpaired) electrons. The van der Waals surface area contributed by atoms with Crippen molar-refractivity contribution in [1.29, 1.82) is 0 Å². The normalized spacial score (nSPS) is 12.5. The molecule has 1 rings (SSSR count). The van der Waals surface area contributed by atoms with Crippen LogP contribution in [0.25, 0.3) is 0 Å². The van der Waals surface area contributed by atoms with E-state index in [-0.39, 0.29) is 5.91 Å². The summed E-state index contributed by atoms with van der Waals surface area (Å²) in [6.45, 7) is 2.75. The fourth-order valence-corrected chi connectivity index (χ4v) is 2.18. The highest BCUT2D eigenvalue weighted by molar-refractivity contribution is 9.11. The quantitative estimate of drug-likeness (QED) is 0.836. The summed E-state index contributed by atoms with van der Waals surface area (Å²) in [6.07, 6.45) is 1.01. The molecular formula is C9H11Br2NOS. The molecule has 0 saturated carbocycles. The molecule has 1 unspecified atom stereocenters. The van der Waals surface area contributed by atoms with Gasteiger partial charge >= 0.3 is 0 Å². The van der Waals surface area contributed by atoms with E-state index in [1.807, 2.05) is 11.4 Å². The van der Waals surface area contributed by atoms with Crippen molar-refractivity contribution in [2.75, 3.05) is 6.54 Å². The third-order valence-electron chi connectivity index (χ3n) is 1.76. The first kappa shape index (κ1) is 12.2. The molecule has 1 N–H and O–H groups in total.